The van der Waals surface area contributed by atoms with Gasteiger partial charge in [-0.05, 0) is 44.2 Å². The van der Waals surface area contributed by atoms with Crippen LogP contribution in [0.5, 0.6) is 0 Å². The Morgan fingerprint density at radius 1 is 1.26 bits per heavy atom. The maximum absolute atomic E-state index is 11.0. The van der Waals surface area contributed by atoms with Crippen LogP contribution in [0.1, 0.15) is 37.8 Å². The fourth-order valence-electron chi connectivity index (χ4n) is 1.95. The van der Waals surface area contributed by atoms with Crippen LogP contribution in [0.3, 0.4) is 0 Å². The van der Waals surface area contributed by atoms with Gasteiger partial charge in [-0.3, -0.25) is 4.79 Å². The lowest BCUT2D eigenvalue weighted by Crippen LogP contribution is -2.21. The SMILES string of the molecule is Cc1ccc(SCC(C)CCC(C)C(N)=O)c(C)c1. The predicted molar refractivity (Wildman–Crippen MR) is 83.4 cm³/mol. The fraction of sp³-hybridized carbons (Fsp3) is 0.562. The van der Waals surface area contributed by atoms with Crippen LogP contribution in [0.2, 0.25) is 0 Å². The van der Waals surface area contributed by atoms with E-state index in [9.17, 15) is 4.79 Å². The minimum Gasteiger partial charge on any atom is -0.369 e. The Morgan fingerprint density at radius 3 is 2.53 bits per heavy atom. The van der Waals surface area contributed by atoms with Crippen molar-refractivity contribution in [3.05, 3.63) is 29.3 Å². The zero-order valence-corrected chi connectivity index (χ0v) is 13.2. The number of rotatable bonds is 7. The Balaban J connectivity index is 2.37. The molecule has 1 aromatic rings. The van der Waals surface area contributed by atoms with Crippen LogP contribution < -0.4 is 5.73 Å². The number of nitrogens with two attached hydrogens (primary N) is 1. The Kier molecular flexibility index (Phi) is 6.43. The number of thioether (sulfide) groups is 1. The highest BCUT2D eigenvalue weighted by Gasteiger charge is 2.11. The van der Waals surface area contributed by atoms with E-state index >= 15 is 0 Å². The average Bonchev–Trinajstić information content (AvgIpc) is 2.34. The molecule has 2 unspecified atom stereocenters. The van der Waals surface area contributed by atoms with Gasteiger partial charge in [-0.1, -0.05) is 31.5 Å². The number of benzene rings is 1. The monoisotopic (exact) mass is 279 g/mol. The van der Waals surface area contributed by atoms with E-state index in [2.05, 4.69) is 39.0 Å². The second-order valence-corrected chi connectivity index (χ2v) is 6.63. The standard InChI is InChI=1S/C16H25NOS/c1-11-6-8-15(14(4)9-11)19-10-12(2)5-7-13(3)16(17)18/h6,8-9,12-13H,5,7,10H2,1-4H3,(H2,17,18). The van der Waals surface area contributed by atoms with Crippen molar-refractivity contribution < 1.29 is 4.79 Å². The van der Waals surface area contributed by atoms with Gasteiger partial charge in [-0.25, -0.2) is 0 Å². The number of hydrogen-bond acceptors (Lipinski definition) is 2. The topological polar surface area (TPSA) is 43.1 Å². The summed E-state index contributed by atoms with van der Waals surface area (Å²) in [4.78, 5) is 12.3. The van der Waals surface area contributed by atoms with Crippen LogP contribution in [-0.4, -0.2) is 11.7 Å². The molecule has 0 bridgehead atoms. The minimum atomic E-state index is -0.186. The molecule has 19 heavy (non-hydrogen) atoms. The van der Waals surface area contributed by atoms with E-state index in [0.717, 1.165) is 18.6 Å². The number of amides is 1. The van der Waals surface area contributed by atoms with Crippen LogP contribution in [-0.2, 0) is 4.79 Å². The number of carbonyl (C=O) groups excluding carboxylic acids is 1. The van der Waals surface area contributed by atoms with Gasteiger partial charge in [0.15, 0.2) is 0 Å². The maximum Gasteiger partial charge on any atom is 0.220 e. The van der Waals surface area contributed by atoms with Crippen molar-refractivity contribution in [2.45, 2.75) is 45.4 Å². The van der Waals surface area contributed by atoms with Gasteiger partial charge in [0.05, 0.1) is 0 Å². The highest BCUT2D eigenvalue weighted by Crippen LogP contribution is 2.26. The summed E-state index contributed by atoms with van der Waals surface area (Å²) in [6, 6.07) is 6.59. The molecule has 106 valence electrons. The highest BCUT2D eigenvalue weighted by atomic mass is 32.2. The van der Waals surface area contributed by atoms with Crippen molar-refractivity contribution in [1.29, 1.82) is 0 Å². The van der Waals surface area contributed by atoms with Crippen molar-refractivity contribution >= 4 is 17.7 Å². The first-order chi connectivity index (χ1) is 8.90. The van der Waals surface area contributed by atoms with Gasteiger partial charge >= 0.3 is 0 Å². The van der Waals surface area contributed by atoms with Crippen LogP contribution in [0.15, 0.2) is 23.1 Å². The van der Waals surface area contributed by atoms with Crippen molar-refractivity contribution in [3.8, 4) is 0 Å². The molecule has 0 fully saturated rings. The molecule has 2 atom stereocenters. The van der Waals surface area contributed by atoms with E-state index in [4.69, 9.17) is 5.73 Å². The minimum absolute atomic E-state index is 0.00596. The largest absolute Gasteiger partial charge is 0.369 e. The van der Waals surface area contributed by atoms with Gasteiger partial charge in [0, 0.05) is 16.6 Å². The van der Waals surface area contributed by atoms with Gasteiger partial charge in [0.25, 0.3) is 0 Å². The molecule has 1 rings (SSSR count). The summed E-state index contributed by atoms with van der Waals surface area (Å²) in [6.45, 7) is 8.43. The van der Waals surface area contributed by atoms with E-state index in [1.807, 2.05) is 18.7 Å². The average molecular weight is 279 g/mol. The lowest BCUT2D eigenvalue weighted by molar-refractivity contribution is -0.121. The third-order valence-corrected chi connectivity index (χ3v) is 4.94. The van der Waals surface area contributed by atoms with Crippen molar-refractivity contribution in [2.75, 3.05) is 5.75 Å². The van der Waals surface area contributed by atoms with E-state index in [1.165, 1.54) is 16.0 Å². The Morgan fingerprint density at radius 2 is 1.95 bits per heavy atom. The second kappa shape index (κ2) is 7.59. The van der Waals surface area contributed by atoms with Crippen molar-refractivity contribution in [2.24, 2.45) is 17.6 Å². The van der Waals surface area contributed by atoms with Gasteiger partial charge in [-0.2, -0.15) is 0 Å². The maximum atomic E-state index is 11.0. The fourth-order valence-corrected chi connectivity index (χ4v) is 3.04. The van der Waals surface area contributed by atoms with Crippen LogP contribution in [0, 0.1) is 25.7 Å². The third-order valence-electron chi connectivity index (χ3n) is 3.43. The summed E-state index contributed by atoms with van der Waals surface area (Å²) in [5.41, 5.74) is 7.94. The van der Waals surface area contributed by atoms with Crippen LogP contribution in [0.25, 0.3) is 0 Å². The summed E-state index contributed by atoms with van der Waals surface area (Å²) < 4.78 is 0. The van der Waals surface area contributed by atoms with Crippen molar-refractivity contribution in [1.82, 2.24) is 0 Å². The number of aryl methyl sites for hydroxylation is 2. The quantitative estimate of drug-likeness (QED) is 0.768. The Hall–Kier alpha value is -0.960. The first-order valence-electron chi connectivity index (χ1n) is 6.89. The normalized spacial score (nSPS) is 14.1. The number of hydrogen-bond donors (Lipinski definition) is 1. The summed E-state index contributed by atoms with van der Waals surface area (Å²) in [5.74, 6) is 1.50. The predicted octanol–water partition coefficient (Wildman–Crippen LogP) is 3.93. The second-order valence-electron chi connectivity index (χ2n) is 5.57. The Labute approximate surface area is 121 Å². The summed E-state index contributed by atoms with van der Waals surface area (Å²) in [7, 11) is 0. The van der Waals surface area contributed by atoms with Gasteiger partial charge < -0.3 is 5.73 Å². The molecular formula is C16H25NOS. The summed E-state index contributed by atoms with van der Waals surface area (Å²) in [6.07, 6.45) is 1.95. The van der Waals surface area contributed by atoms with Crippen molar-refractivity contribution in [3.63, 3.8) is 0 Å². The highest BCUT2D eigenvalue weighted by molar-refractivity contribution is 7.99. The smallest absolute Gasteiger partial charge is 0.220 e. The third kappa shape index (κ3) is 5.68. The van der Waals surface area contributed by atoms with Crippen LogP contribution in [0.4, 0.5) is 0 Å². The molecule has 0 saturated heterocycles. The Bertz CT molecular complexity index is 431. The lowest BCUT2D eigenvalue weighted by atomic mass is 9.99. The van der Waals surface area contributed by atoms with E-state index < -0.39 is 0 Å². The van der Waals surface area contributed by atoms with E-state index in [-0.39, 0.29) is 11.8 Å². The van der Waals surface area contributed by atoms with Gasteiger partial charge in [0.1, 0.15) is 0 Å². The summed E-state index contributed by atoms with van der Waals surface area (Å²) >= 11 is 1.91. The molecule has 0 aliphatic heterocycles. The first-order valence-corrected chi connectivity index (χ1v) is 7.88. The molecular weight excluding hydrogens is 254 g/mol. The molecule has 0 heterocycles. The number of primary amides is 1. The zero-order valence-electron chi connectivity index (χ0n) is 12.4. The van der Waals surface area contributed by atoms with E-state index in [1.54, 1.807) is 0 Å². The molecule has 0 saturated carbocycles. The van der Waals surface area contributed by atoms with E-state index in [0.29, 0.717) is 5.92 Å². The van der Waals surface area contributed by atoms with Crippen LogP contribution >= 0.6 is 11.8 Å². The van der Waals surface area contributed by atoms with Gasteiger partial charge in [0.2, 0.25) is 5.91 Å². The summed E-state index contributed by atoms with van der Waals surface area (Å²) in [5, 5.41) is 0. The first kappa shape index (κ1) is 16.1. The zero-order chi connectivity index (χ0) is 14.4. The lowest BCUT2D eigenvalue weighted by Gasteiger charge is -2.14. The van der Waals surface area contributed by atoms with Gasteiger partial charge in [-0.15, -0.1) is 11.8 Å². The molecule has 1 amide bonds. The number of carbonyl (C=O) groups is 1. The molecule has 3 heteroatoms. The molecule has 0 aromatic heterocycles. The molecule has 2 nitrogen and oxygen atoms in total. The molecule has 1 aromatic carbocycles. The molecule has 0 spiro atoms. The molecule has 2 N–H and O–H groups in total. The molecule has 0 radical (unpaired) electrons. The molecule has 0 aliphatic rings. The molecule has 0 aliphatic carbocycles.